The molecule has 1 aromatic heterocycles. The molecule has 104 valence electrons. The Labute approximate surface area is 112 Å². The van der Waals surface area contributed by atoms with Crippen molar-refractivity contribution in [3.63, 3.8) is 0 Å². The van der Waals surface area contributed by atoms with Gasteiger partial charge in [0.1, 0.15) is 6.33 Å². The van der Waals surface area contributed by atoms with E-state index in [-0.39, 0.29) is 11.7 Å². The van der Waals surface area contributed by atoms with E-state index in [1.165, 1.54) is 6.33 Å². The van der Waals surface area contributed by atoms with E-state index < -0.39 is 0 Å². The highest BCUT2D eigenvalue weighted by atomic mass is 19.1. The van der Waals surface area contributed by atoms with Gasteiger partial charge >= 0.3 is 0 Å². The summed E-state index contributed by atoms with van der Waals surface area (Å²) in [5, 5.41) is 0. The Morgan fingerprint density at radius 1 is 1.32 bits per heavy atom. The van der Waals surface area contributed by atoms with Crippen LogP contribution >= 0.6 is 0 Å². The lowest BCUT2D eigenvalue weighted by atomic mass is 10.3. The van der Waals surface area contributed by atoms with Crippen molar-refractivity contribution in [1.29, 1.82) is 0 Å². The summed E-state index contributed by atoms with van der Waals surface area (Å²) >= 11 is 0. The highest BCUT2D eigenvalue weighted by molar-refractivity contribution is 5.73. The molecular weight excluding hydrogens is 247 g/mol. The van der Waals surface area contributed by atoms with Crippen LogP contribution in [0, 0.1) is 5.82 Å². The van der Waals surface area contributed by atoms with E-state index in [0.29, 0.717) is 37.6 Å². The Hall–Kier alpha value is -1.72. The summed E-state index contributed by atoms with van der Waals surface area (Å²) in [5.74, 6) is 0.0952. The van der Waals surface area contributed by atoms with E-state index >= 15 is 0 Å². The number of nitrogens with zero attached hydrogens (tertiary/aromatic N) is 4. The van der Waals surface area contributed by atoms with Gasteiger partial charge in [-0.3, -0.25) is 4.79 Å². The van der Waals surface area contributed by atoms with Crippen LogP contribution in [0.4, 0.5) is 10.2 Å². The third kappa shape index (κ3) is 3.00. The Bertz CT molecular complexity index is 466. The van der Waals surface area contributed by atoms with E-state index in [1.807, 2.05) is 11.8 Å². The quantitative estimate of drug-likeness (QED) is 0.808. The molecule has 2 rings (SSSR count). The van der Waals surface area contributed by atoms with Gasteiger partial charge in [0, 0.05) is 33.1 Å². The van der Waals surface area contributed by atoms with Crippen LogP contribution in [0.2, 0.25) is 0 Å². The number of carbonyl (C=O) groups is 1. The lowest BCUT2D eigenvalue weighted by molar-refractivity contribution is -0.128. The largest absolute Gasteiger partial charge is 0.352 e. The number of anilines is 1. The normalized spacial score (nSPS) is 16.4. The first-order valence-electron chi connectivity index (χ1n) is 6.63. The molecule has 1 amide bonds. The monoisotopic (exact) mass is 266 g/mol. The zero-order chi connectivity index (χ0) is 13.8. The fourth-order valence-electron chi connectivity index (χ4n) is 2.31. The molecule has 0 atom stereocenters. The number of aromatic nitrogens is 2. The molecule has 1 aromatic rings. The second-order valence-electron chi connectivity index (χ2n) is 4.66. The maximum absolute atomic E-state index is 14.2. The van der Waals surface area contributed by atoms with Crippen LogP contribution in [-0.4, -0.2) is 47.0 Å². The van der Waals surface area contributed by atoms with Gasteiger partial charge in [-0.05, 0) is 12.8 Å². The molecule has 1 aliphatic rings. The molecule has 0 aliphatic carbocycles. The van der Waals surface area contributed by atoms with Crippen LogP contribution in [0.3, 0.4) is 0 Å². The molecule has 1 fully saturated rings. The van der Waals surface area contributed by atoms with E-state index in [4.69, 9.17) is 0 Å². The van der Waals surface area contributed by atoms with Gasteiger partial charge in [-0.25, -0.2) is 14.4 Å². The standard InChI is InChI=1S/C13H19FN4O/c1-3-11-12(14)13(16-9-15-11)18-6-4-5-17(7-8-18)10(2)19/h9H,3-8H2,1-2H3. The number of hydrogen-bond donors (Lipinski definition) is 0. The Morgan fingerprint density at radius 3 is 2.79 bits per heavy atom. The summed E-state index contributed by atoms with van der Waals surface area (Å²) < 4.78 is 14.2. The van der Waals surface area contributed by atoms with Crippen LogP contribution in [0.1, 0.15) is 26.0 Å². The van der Waals surface area contributed by atoms with Gasteiger partial charge in [-0.1, -0.05) is 6.92 Å². The Kier molecular flexibility index (Phi) is 4.29. The average Bonchev–Trinajstić information content (AvgIpc) is 2.65. The molecular formula is C13H19FN4O. The minimum Gasteiger partial charge on any atom is -0.352 e. The molecule has 0 radical (unpaired) electrons. The molecule has 6 heteroatoms. The van der Waals surface area contributed by atoms with Crippen molar-refractivity contribution in [2.75, 3.05) is 31.1 Å². The number of hydrogen-bond acceptors (Lipinski definition) is 4. The molecule has 0 bridgehead atoms. The molecule has 5 nitrogen and oxygen atoms in total. The summed E-state index contributed by atoms with van der Waals surface area (Å²) in [6, 6.07) is 0. The lowest BCUT2D eigenvalue weighted by Gasteiger charge is -2.22. The van der Waals surface area contributed by atoms with E-state index in [9.17, 15) is 9.18 Å². The predicted octanol–water partition coefficient (Wildman–Crippen LogP) is 1.24. The Balaban J connectivity index is 2.16. The first-order valence-corrected chi connectivity index (χ1v) is 6.63. The van der Waals surface area contributed by atoms with Crippen LogP contribution in [0.25, 0.3) is 0 Å². The molecule has 0 aromatic carbocycles. The van der Waals surface area contributed by atoms with Crippen LogP contribution < -0.4 is 4.90 Å². The average molecular weight is 266 g/mol. The zero-order valence-corrected chi connectivity index (χ0v) is 11.4. The SMILES string of the molecule is CCc1ncnc(N2CCCN(C(C)=O)CC2)c1F. The third-order valence-corrected chi connectivity index (χ3v) is 3.42. The van der Waals surface area contributed by atoms with Crippen molar-refractivity contribution in [2.24, 2.45) is 0 Å². The molecule has 0 saturated carbocycles. The molecule has 19 heavy (non-hydrogen) atoms. The van der Waals surface area contributed by atoms with E-state index in [1.54, 1.807) is 11.8 Å². The van der Waals surface area contributed by atoms with Crippen LogP contribution in [-0.2, 0) is 11.2 Å². The van der Waals surface area contributed by atoms with Crippen molar-refractivity contribution < 1.29 is 9.18 Å². The number of rotatable bonds is 2. The predicted molar refractivity (Wildman–Crippen MR) is 70.5 cm³/mol. The number of amides is 1. The van der Waals surface area contributed by atoms with Crippen molar-refractivity contribution in [1.82, 2.24) is 14.9 Å². The van der Waals surface area contributed by atoms with Gasteiger partial charge in [-0.2, -0.15) is 0 Å². The molecule has 0 spiro atoms. The summed E-state index contributed by atoms with van der Waals surface area (Å²) in [6.07, 6.45) is 2.78. The van der Waals surface area contributed by atoms with Gasteiger partial charge in [0.15, 0.2) is 11.6 Å². The minimum atomic E-state index is -0.332. The highest BCUT2D eigenvalue weighted by Gasteiger charge is 2.21. The van der Waals surface area contributed by atoms with Crippen molar-refractivity contribution in [3.05, 3.63) is 17.8 Å². The number of halogens is 1. The van der Waals surface area contributed by atoms with Crippen LogP contribution in [0.5, 0.6) is 0 Å². The molecule has 2 heterocycles. The fourth-order valence-corrected chi connectivity index (χ4v) is 2.31. The molecule has 0 unspecified atom stereocenters. The second-order valence-corrected chi connectivity index (χ2v) is 4.66. The van der Waals surface area contributed by atoms with Gasteiger partial charge in [0.25, 0.3) is 0 Å². The van der Waals surface area contributed by atoms with Gasteiger partial charge in [-0.15, -0.1) is 0 Å². The summed E-state index contributed by atoms with van der Waals surface area (Å²) in [4.78, 5) is 23.1. The molecule has 1 aliphatic heterocycles. The fraction of sp³-hybridized carbons (Fsp3) is 0.615. The third-order valence-electron chi connectivity index (χ3n) is 3.42. The zero-order valence-electron chi connectivity index (χ0n) is 11.4. The maximum atomic E-state index is 14.2. The van der Waals surface area contributed by atoms with Gasteiger partial charge in [0.2, 0.25) is 5.91 Å². The molecule has 1 saturated heterocycles. The Morgan fingerprint density at radius 2 is 2.11 bits per heavy atom. The summed E-state index contributed by atoms with van der Waals surface area (Å²) in [7, 11) is 0. The number of carbonyl (C=O) groups excluding carboxylic acids is 1. The first kappa shape index (κ1) is 13.7. The van der Waals surface area contributed by atoms with E-state index in [2.05, 4.69) is 9.97 Å². The topological polar surface area (TPSA) is 49.3 Å². The maximum Gasteiger partial charge on any atom is 0.219 e. The minimum absolute atomic E-state index is 0.0688. The van der Waals surface area contributed by atoms with Gasteiger partial charge in [0.05, 0.1) is 5.69 Å². The number of aryl methyl sites for hydroxylation is 1. The van der Waals surface area contributed by atoms with Crippen molar-refractivity contribution in [2.45, 2.75) is 26.7 Å². The van der Waals surface area contributed by atoms with Crippen molar-refractivity contribution in [3.8, 4) is 0 Å². The summed E-state index contributed by atoms with van der Waals surface area (Å²) in [6.45, 7) is 6.09. The summed E-state index contributed by atoms with van der Waals surface area (Å²) in [5.41, 5.74) is 0.442. The van der Waals surface area contributed by atoms with Crippen LogP contribution in [0.15, 0.2) is 6.33 Å². The molecule has 0 N–H and O–H groups in total. The van der Waals surface area contributed by atoms with Gasteiger partial charge < -0.3 is 9.80 Å². The first-order chi connectivity index (χ1) is 9.13. The second kappa shape index (κ2) is 5.95. The smallest absolute Gasteiger partial charge is 0.219 e. The highest BCUT2D eigenvalue weighted by Crippen LogP contribution is 2.19. The van der Waals surface area contributed by atoms with E-state index in [0.717, 1.165) is 13.0 Å². The van der Waals surface area contributed by atoms with Crippen molar-refractivity contribution >= 4 is 11.7 Å². The lowest BCUT2D eigenvalue weighted by Crippen LogP contribution is -2.34.